The van der Waals surface area contributed by atoms with Crippen molar-refractivity contribution in [3.63, 3.8) is 0 Å². The lowest BCUT2D eigenvalue weighted by molar-refractivity contribution is 0.0706. The van der Waals surface area contributed by atoms with Crippen LogP contribution >= 0.6 is 0 Å². The summed E-state index contributed by atoms with van der Waals surface area (Å²) in [5, 5.41) is 0.776. The summed E-state index contributed by atoms with van der Waals surface area (Å²) in [5.74, 6) is 0.536. The lowest BCUT2D eigenvalue weighted by atomic mass is 9.96. The number of hydrogen-bond donors (Lipinski definition) is 0. The van der Waals surface area contributed by atoms with Crippen molar-refractivity contribution in [2.75, 3.05) is 33.2 Å². The van der Waals surface area contributed by atoms with Gasteiger partial charge < -0.3 is 9.80 Å². The van der Waals surface area contributed by atoms with Crippen molar-refractivity contribution in [2.45, 2.75) is 24.2 Å². The van der Waals surface area contributed by atoms with Gasteiger partial charge in [0.25, 0.3) is 15.9 Å². The Bertz CT molecular complexity index is 1230. The van der Waals surface area contributed by atoms with Crippen LogP contribution < -0.4 is 0 Å². The van der Waals surface area contributed by atoms with Crippen LogP contribution in [0.3, 0.4) is 0 Å². The van der Waals surface area contributed by atoms with Crippen molar-refractivity contribution in [1.29, 1.82) is 0 Å². The van der Waals surface area contributed by atoms with E-state index in [9.17, 15) is 13.2 Å². The number of likely N-dealkylation sites (tertiary alicyclic amines) is 1. The summed E-state index contributed by atoms with van der Waals surface area (Å²) in [4.78, 5) is 18.0. The fourth-order valence-corrected chi connectivity index (χ4v) is 6.27. The molecule has 1 saturated heterocycles. The van der Waals surface area contributed by atoms with Gasteiger partial charge in [-0.05, 0) is 75.1 Å². The maximum Gasteiger partial charge on any atom is 0.268 e. The molecule has 0 radical (unpaired) electrons. The van der Waals surface area contributed by atoms with E-state index in [-0.39, 0.29) is 10.8 Å². The van der Waals surface area contributed by atoms with Gasteiger partial charge in [0, 0.05) is 30.2 Å². The van der Waals surface area contributed by atoms with Crippen molar-refractivity contribution < 1.29 is 13.2 Å². The van der Waals surface area contributed by atoms with Gasteiger partial charge in [0.05, 0.1) is 10.4 Å². The van der Waals surface area contributed by atoms with E-state index in [1.165, 1.54) is 3.97 Å². The third-order valence-corrected chi connectivity index (χ3v) is 8.35. The zero-order valence-corrected chi connectivity index (χ0v) is 18.5. The van der Waals surface area contributed by atoms with Gasteiger partial charge in [-0.1, -0.05) is 24.3 Å². The van der Waals surface area contributed by atoms with Crippen molar-refractivity contribution >= 4 is 26.8 Å². The van der Waals surface area contributed by atoms with Crippen LogP contribution in [0.4, 0.5) is 0 Å². The van der Waals surface area contributed by atoms with Crippen LogP contribution in [0.25, 0.3) is 10.9 Å². The molecule has 2 aliphatic rings. The molecule has 3 heterocycles. The van der Waals surface area contributed by atoms with Crippen molar-refractivity contribution in [3.05, 3.63) is 65.9 Å². The van der Waals surface area contributed by atoms with E-state index >= 15 is 0 Å². The molecule has 5 rings (SSSR count). The maximum absolute atomic E-state index is 13.4. The van der Waals surface area contributed by atoms with Crippen LogP contribution in [0, 0.1) is 5.92 Å². The second-order valence-corrected chi connectivity index (χ2v) is 10.5. The number of benzene rings is 2. The largest absolute Gasteiger partial charge is 0.338 e. The van der Waals surface area contributed by atoms with E-state index in [0.717, 1.165) is 43.4 Å². The van der Waals surface area contributed by atoms with E-state index < -0.39 is 10.0 Å². The Labute approximate surface area is 183 Å². The fraction of sp³-hybridized carbons (Fsp3) is 0.375. The monoisotopic (exact) mass is 437 g/mol. The SMILES string of the molecule is CN1CCC(CN2CCc3cn(S(=O)(=O)c4ccccc4)c4cccc(c34)C2=O)CC1. The van der Waals surface area contributed by atoms with E-state index in [1.807, 2.05) is 11.0 Å². The fourth-order valence-electron chi connectivity index (χ4n) is 4.87. The van der Waals surface area contributed by atoms with Gasteiger partial charge in [0.1, 0.15) is 0 Å². The summed E-state index contributed by atoms with van der Waals surface area (Å²) >= 11 is 0. The second kappa shape index (κ2) is 7.80. The molecule has 0 aliphatic carbocycles. The summed E-state index contributed by atoms with van der Waals surface area (Å²) in [7, 11) is -1.59. The van der Waals surface area contributed by atoms with Gasteiger partial charge in [-0.2, -0.15) is 0 Å². The molecule has 1 aromatic heterocycles. The number of hydrogen-bond acceptors (Lipinski definition) is 4. The van der Waals surface area contributed by atoms with Crippen molar-refractivity contribution in [1.82, 2.24) is 13.8 Å². The second-order valence-electron chi connectivity index (χ2n) is 8.72. The molecule has 0 saturated carbocycles. The lowest BCUT2D eigenvalue weighted by Crippen LogP contribution is -2.40. The Kier molecular flexibility index (Phi) is 5.10. The molecule has 1 fully saturated rings. The van der Waals surface area contributed by atoms with Gasteiger partial charge in [-0.3, -0.25) is 4.79 Å². The molecule has 162 valence electrons. The normalized spacial score (nSPS) is 18.5. The van der Waals surface area contributed by atoms with Crippen LogP contribution in [0.2, 0.25) is 0 Å². The number of aromatic nitrogens is 1. The number of carbonyl (C=O) groups excluding carboxylic acids is 1. The van der Waals surface area contributed by atoms with Crippen LogP contribution in [0.15, 0.2) is 59.6 Å². The van der Waals surface area contributed by atoms with Gasteiger partial charge in [-0.25, -0.2) is 12.4 Å². The molecular weight excluding hydrogens is 410 g/mol. The smallest absolute Gasteiger partial charge is 0.268 e. The minimum absolute atomic E-state index is 0.0122. The highest BCUT2D eigenvalue weighted by Gasteiger charge is 2.30. The predicted molar refractivity (Wildman–Crippen MR) is 121 cm³/mol. The van der Waals surface area contributed by atoms with Crippen molar-refractivity contribution in [3.8, 4) is 0 Å². The first-order chi connectivity index (χ1) is 14.9. The average Bonchev–Trinajstić information content (AvgIpc) is 3.11. The molecule has 6 nitrogen and oxygen atoms in total. The van der Waals surface area contributed by atoms with Crippen LogP contribution in [0.5, 0.6) is 0 Å². The zero-order valence-electron chi connectivity index (χ0n) is 17.7. The highest BCUT2D eigenvalue weighted by molar-refractivity contribution is 7.90. The highest BCUT2D eigenvalue weighted by atomic mass is 32.2. The van der Waals surface area contributed by atoms with Gasteiger partial charge in [0.15, 0.2) is 0 Å². The lowest BCUT2D eigenvalue weighted by Gasteiger charge is -2.33. The Morgan fingerprint density at radius 2 is 1.71 bits per heavy atom. The first-order valence-corrected chi connectivity index (χ1v) is 12.3. The van der Waals surface area contributed by atoms with Crippen molar-refractivity contribution in [2.24, 2.45) is 5.92 Å². The van der Waals surface area contributed by atoms with Gasteiger partial charge in [0.2, 0.25) is 0 Å². The first kappa shape index (κ1) is 20.3. The Morgan fingerprint density at radius 3 is 2.45 bits per heavy atom. The minimum Gasteiger partial charge on any atom is -0.338 e. The molecule has 1 amide bonds. The molecule has 0 N–H and O–H groups in total. The van der Waals surface area contributed by atoms with E-state index in [2.05, 4.69) is 11.9 Å². The summed E-state index contributed by atoms with van der Waals surface area (Å²) < 4.78 is 27.9. The summed E-state index contributed by atoms with van der Waals surface area (Å²) in [6, 6.07) is 13.9. The highest BCUT2D eigenvalue weighted by Crippen LogP contribution is 2.32. The van der Waals surface area contributed by atoms with E-state index in [0.29, 0.717) is 30.0 Å². The molecule has 3 aromatic rings. The molecule has 7 heteroatoms. The van der Waals surface area contributed by atoms with Crippen LogP contribution in [-0.2, 0) is 16.4 Å². The minimum atomic E-state index is -3.73. The average molecular weight is 438 g/mol. The first-order valence-electron chi connectivity index (χ1n) is 10.9. The van der Waals surface area contributed by atoms with E-state index in [4.69, 9.17) is 0 Å². The van der Waals surface area contributed by atoms with E-state index in [1.54, 1.807) is 48.7 Å². The number of carbonyl (C=O) groups is 1. The zero-order chi connectivity index (χ0) is 21.6. The molecule has 31 heavy (non-hydrogen) atoms. The Hall–Kier alpha value is -2.64. The third-order valence-electron chi connectivity index (χ3n) is 6.66. The number of piperidine rings is 1. The third kappa shape index (κ3) is 3.55. The molecule has 2 aliphatic heterocycles. The van der Waals surface area contributed by atoms with Gasteiger partial charge >= 0.3 is 0 Å². The summed E-state index contributed by atoms with van der Waals surface area (Å²) in [5.41, 5.74) is 2.11. The molecular formula is C24H27N3O3S. The van der Waals surface area contributed by atoms with Crippen LogP contribution in [0.1, 0.15) is 28.8 Å². The standard InChI is InChI=1S/C24H27N3O3S/c1-25-13-10-18(11-14-25)16-26-15-12-19-17-27(31(29,30)20-6-3-2-4-7-20)22-9-5-8-21(23(19)22)24(26)28/h2-9,17-18H,10-16H2,1H3. The molecule has 2 aromatic carbocycles. The molecule has 0 atom stereocenters. The topological polar surface area (TPSA) is 62.6 Å². The summed E-state index contributed by atoms with van der Waals surface area (Å²) in [6.07, 6.45) is 4.59. The number of nitrogens with zero attached hydrogens (tertiary/aromatic N) is 3. The Balaban J connectivity index is 1.52. The van der Waals surface area contributed by atoms with Gasteiger partial charge in [-0.15, -0.1) is 0 Å². The maximum atomic E-state index is 13.4. The molecule has 0 bridgehead atoms. The summed E-state index contributed by atoms with van der Waals surface area (Å²) in [6.45, 7) is 3.54. The Morgan fingerprint density at radius 1 is 0.968 bits per heavy atom. The quantitative estimate of drug-likeness (QED) is 0.629. The number of rotatable bonds is 4. The predicted octanol–water partition coefficient (Wildman–Crippen LogP) is 3.22. The molecule has 0 spiro atoms. The number of amides is 1. The molecule has 0 unspecified atom stereocenters. The van der Waals surface area contributed by atoms with Crippen LogP contribution in [-0.4, -0.2) is 61.3 Å².